The first kappa shape index (κ1) is 14.2. The van der Waals surface area contributed by atoms with E-state index < -0.39 is 0 Å². The number of carbonyl (C=O) groups is 2. The van der Waals surface area contributed by atoms with Gasteiger partial charge in [0.25, 0.3) is 5.91 Å². The molecule has 1 fully saturated rings. The quantitative estimate of drug-likeness (QED) is 0.757. The molecule has 6 nitrogen and oxygen atoms in total. The van der Waals surface area contributed by atoms with Crippen molar-refractivity contribution in [2.45, 2.75) is 18.3 Å². The van der Waals surface area contributed by atoms with Crippen molar-refractivity contribution < 1.29 is 9.59 Å². The first-order chi connectivity index (χ1) is 12.1. The molecular formula is C19H16N4O2. The largest absolute Gasteiger partial charge is 0.324 e. The summed E-state index contributed by atoms with van der Waals surface area (Å²) in [7, 11) is 1.81. The Morgan fingerprint density at radius 3 is 2.72 bits per heavy atom. The topological polar surface area (TPSA) is 78.1 Å². The second kappa shape index (κ2) is 4.69. The van der Waals surface area contributed by atoms with Crippen LogP contribution in [-0.2, 0) is 10.2 Å². The van der Waals surface area contributed by atoms with Gasteiger partial charge >= 0.3 is 0 Å². The molecule has 6 heteroatoms. The Kier molecular flexibility index (Phi) is 2.67. The maximum absolute atomic E-state index is 12.5. The zero-order valence-corrected chi connectivity index (χ0v) is 13.7. The van der Waals surface area contributed by atoms with E-state index in [1.54, 1.807) is 17.0 Å². The van der Waals surface area contributed by atoms with Crippen molar-refractivity contribution in [1.29, 1.82) is 0 Å². The Morgan fingerprint density at radius 2 is 2.00 bits per heavy atom. The van der Waals surface area contributed by atoms with Gasteiger partial charge in [0.1, 0.15) is 0 Å². The van der Waals surface area contributed by atoms with Gasteiger partial charge in [0.15, 0.2) is 0 Å². The Labute approximate surface area is 143 Å². The molecule has 5 rings (SSSR count). The van der Waals surface area contributed by atoms with Crippen LogP contribution in [0.1, 0.15) is 28.8 Å². The molecule has 2 aromatic carbocycles. The van der Waals surface area contributed by atoms with Crippen LogP contribution in [0.25, 0.3) is 11.0 Å². The van der Waals surface area contributed by atoms with E-state index in [1.807, 2.05) is 37.4 Å². The summed E-state index contributed by atoms with van der Waals surface area (Å²) in [6.45, 7) is 0. The molecule has 3 aromatic rings. The lowest BCUT2D eigenvalue weighted by molar-refractivity contribution is -0.119. The lowest BCUT2D eigenvalue weighted by atomic mass is 9.97. The summed E-state index contributed by atoms with van der Waals surface area (Å²) in [6, 6.07) is 12.9. The molecule has 0 bridgehead atoms. The average Bonchev–Trinajstić information content (AvgIpc) is 3.30. The van der Waals surface area contributed by atoms with Crippen LogP contribution in [0.3, 0.4) is 0 Å². The zero-order chi connectivity index (χ0) is 17.2. The third kappa shape index (κ3) is 1.94. The smallest absolute Gasteiger partial charge is 0.257 e. The molecular weight excluding hydrogens is 316 g/mol. The number of hydrogen-bond donors (Lipinski definition) is 2. The Hall–Kier alpha value is -3.15. The van der Waals surface area contributed by atoms with E-state index in [2.05, 4.69) is 15.3 Å². The second-order valence-corrected chi connectivity index (χ2v) is 6.74. The van der Waals surface area contributed by atoms with Crippen molar-refractivity contribution in [2.24, 2.45) is 0 Å². The van der Waals surface area contributed by atoms with Crippen molar-refractivity contribution in [3.63, 3.8) is 0 Å². The molecule has 0 saturated heterocycles. The number of imidazole rings is 1. The van der Waals surface area contributed by atoms with Crippen LogP contribution < -0.4 is 10.2 Å². The Bertz CT molecular complexity index is 1030. The second-order valence-electron chi connectivity index (χ2n) is 6.74. The predicted molar refractivity (Wildman–Crippen MR) is 94.8 cm³/mol. The molecule has 25 heavy (non-hydrogen) atoms. The number of fused-ring (bicyclic) bond motifs is 3. The number of aromatic amines is 1. The molecule has 2 amide bonds. The SMILES string of the molecule is CN1C(=O)C2(CC2)c2cc3nc(NC(=O)c4ccccc4)[nH]c3cc21. The van der Waals surface area contributed by atoms with Gasteiger partial charge in [0.05, 0.1) is 16.4 Å². The third-order valence-electron chi connectivity index (χ3n) is 5.21. The average molecular weight is 332 g/mol. The highest BCUT2D eigenvalue weighted by atomic mass is 16.2. The van der Waals surface area contributed by atoms with Gasteiger partial charge in [-0.2, -0.15) is 0 Å². The molecule has 124 valence electrons. The van der Waals surface area contributed by atoms with E-state index in [4.69, 9.17) is 0 Å². The summed E-state index contributed by atoms with van der Waals surface area (Å²) in [5.74, 6) is 0.372. The van der Waals surface area contributed by atoms with Gasteiger partial charge in [-0.05, 0) is 42.7 Å². The number of carbonyl (C=O) groups excluding carboxylic acids is 2. The minimum Gasteiger partial charge on any atom is -0.324 e. The summed E-state index contributed by atoms with van der Waals surface area (Å²) < 4.78 is 0. The van der Waals surface area contributed by atoms with E-state index >= 15 is 0 Å². The molecule has 1 aliphatic carbocycles. The number of H-pyrrole nitrogens is 1. The van der Waals surface area contributed by atoms with Gasteiger partial charge in [0, 0.05) is 18.3 Å². The molecule has 0 radical (unpaired) electrons. The lowest BCUT2D eigenvalue weighted by Gasteiger charge is -2.09. The Morgan fingerprint density at radius 1 is 1.24 bits per heavy atom. The van der Waals surface area contributed by atoms with E-state index in [9.17, 15) is 9.59 Å². The zero-order valence-electron chi connectivity index (χ0n) is 13.7. The number of likely N-dealkylation sites (N-methyl/N-ethyl adjacent to an activating group) is 1. The number of nitrogens with zero attached hydrogens (tertiary/aromatic N) is 2. The summed E-state index contributed by atoms with van der Waals surface area (Å²) in [6.07, 6.45) is 1.80. The molecule has 0 unspecified atom stereocenters. The van der Waals surface area contributed by atoms with E-state index in [0.717, 1.165) is 35.1 Å². The first-order valence-corrected chi connectivity index (χ1v) is 8.27. The molecule has 1 saturated carbocycles. The van der Waals surface area contributed by atoms with Crippen LogP contribution in [0.5, 0.6) is 0 Å². The lowest BCUT2D eigenvalue weighted by Crippen LogP contribution is -2.27. The monoisotopic (exact) mass is 332 g/mol. The van der Waals surface area contributed by atoms with Crippen LogP contribution in [0.2, 0.25) is 0 Å². The number of nitrogens with one attached hydrogen (secondary N) is 2. The van der Waals surface area contributed by atoms with E-state index in [1.165, 1.54) is 0 Å². The van der Waals surface area contributed by atoms with Gasteiger partial charge in [-0.1, -0.05) is 18.2 Å². The van der Waals surface area contributed by atoms with Crippen molar-refractivity contribution in [3.8, 4) is 0 Å². The predicted octanol–water partition coefficient (Wildman–Crippen LogP) is 2.82. The minimum absolute atomic E-state index is 0.174. The fraction of sp³-hybridized carbons (Fsp3) is 0.211. The van der Waals surface area contributed by atoms with Gasteiger partial charge in [-0.25, -0.2) is 4.98 Å². The van der Waals surface area contributed by atoms with Crippen LogP contribution in [0.4, 0.5) is 11.6 Å². The summed E-state index contributed by atoms with van der Waals surface area (Å²) in [5.41, 5.74) is 3.80. The highest BCUT2D eigenvalue weighted by Crippen LogP contribution is 2.57. The van der Waals surface area contributed by atoms with Gasteiger partial charge in [0.2, 0.25) is 11.9 Å². The maximum Gasteiger partial charge on any atom is 0.257 e. The molecule has 1 spiro atoms. The summed E-state index contributed by atoms with van der Waals surface area (Å²) in [5, 5.41) is 2.79. The van der Waals surface area contributed by atoms with E-state index in [-0.39, 0.29) is 17.2 Å². The molecule has 1 aliphatic heterocycles. The van der Waals surface area contributed by atoms with Gasteiger partial charge in [-0.15, -0.1) is 0 Å². The first-order valence-electron chi connectivity index (χ1n) is 8.27. The van der Waals surface area contributed by atoms with Crippen molar-refractivity contribution in [2.75, 3.05) is 17.3 Å². The fourth-order valence-corrected chi connectivity index (χ4v) is 3.69. The van der Waals surface area contributed by atoms with Gasteiger partial charge < -0.3 is 9.88 Å². The highest BCUT2D eigenvalue weighted by molar-refractivity contribution is 6.11. The van der Waals surface area contributed by atoms with Crippen molar-refractivity contribution in [1.82, 2.24) is 9.97 Å². The Balaban J connectivity index is 1.52. The summed E-state index contributed by atoms with van der Waals surface area (Å²) >= 11 is 0. The highest BCUT2D eigenvalue weighted by Gasteiger charge is 2.58. The van der Waals surface area contributed by atoms with Crippen LogP contribution in [0, 0.1) is 0 Å². The fourth-order valence-electron chi connectivity index (χ4n) is 3.69. The van der Waals surface area contributed by atoms with Crippen LogP contribution in [0.15, 0.2) is 42.5 Å². The van der Waals surface area contributed by atoms with Crippen LogP contribution in [-0.4, -0.2) is 28.8 Å². The molecule has 2 aliphatic rings. The van der Waals surface area contributed by atoms with Crippen molar-refractivity contribution in [3.05, 3.63) is 53.6 Å². The van der Waals surface area contributed by atoms with Gasteiger partial charge in [-0.3, -0.25) is 14.9 Å². The summed E-state index contributed by atoms with van der Waals surface area (Å²) in [4.78, 5) is 34.1. The number of anilines is 2. The molecule has 2 N–H and O–H groups in total. The molecule has 1 aromatic heterocycles. The number of benzene rings is 2. The maximum atomic E-state index is 12.5. The molecule has 0 atom stereocenters. The number of amides is 2. The van der Waals surface area contributed by atoms with Crippen molar-refractivity contribution >= 4 is 34.5 Å². The number of hydrogen-bond acceptors (Lipinski definition) is 3. The third-order valence-corrected chi connectivity index (χ3v) is 5.21. The standard InChI is InChI=1S/C19H16N4O2/c1-23-15-10-14-13(9-12(15)19(7-8-19)17(23)25)20-18(21-14)22-16(24)11-5-3-2-4-6-11/h2-6,9-10H,7-8H2,1H3,(H2,20,21,22,24). The number of rotatable bonds is 2. The van der Waals surface area contributed by atoms with E-state index in [0.29, 0.717) is 11.5 Å². The minimum atomic E-state index is -0.329. The normalized spacial score (nSPS) is 17.2. The molecule has 2 heterocycles. The number of aromatic nitrogens is 2. The van der Waals surface area contributed by atoms with Crippen LogP contribution >= 0.6 is 0 Å².